The molecule has 0 aliphatic rings. The smallest absolute Gasteiger partial charge is 0.257 e. The lowest BCUT2D eigenvalue weighted by molar-refractivity contribution is 0.0976. The van der Waals surface area contributed by atoms with Gasteiger partial charge in [0.2, 0.25) is 5.89 Å². The minimum absolute atomic E-state index is 0.264. The first-order chi connectivity index (χ1) is 15.9. The number of amides is 1. The summed E-state index contributed by atoms with van der Waals surface area (Å²) in [7, 11) is 1.58. The van der Waals surface area contributed by atoms with E-state index in [2.05, 4.69) is 41.6 Å². The molecular formula is C26H25N3O3S. The lowest BCUT2D eigenvalue weighted by Gasteiger charge is -2.10. The van der Waals surface area contributed by atoms with Gasteiger partial charge in [0, 0.05) is 17.7 Å². The van der Waals surface area contributed by atoms with Crippen LogP contribution in [0.1, 0.15) is 41.3 Å². The minimum Gasteiger partial charge on any atom is -0.497 e. The maximum absolute atomic E-state index is 12.3. The molecule has 0 unspecified atom stereocenters. The quantitative estimate of drug-likeness (QED) is 0.375. The Labute approximate surface area is 198 Å². The molecule has 4 aromatic rings. The number of nitrogens with zero attached hydrogens (tertiary/aromatic N) is 1. The van der Waals surface area contributed by atoms with E-state index in [4.69, 9.17) is 21.4 Å². The average molecular weight is 460 g/mol. The summed E-state index contributed by atoms with van der Waals surface area (Å²) in [5.41, 5.74) is 5.29. The molecule has 0 spiro atoms. The number of methoxy groups -OCH3 is 1. The lowest BCUT2D eigenvalue weighted by atomic mass is 10.0. The molecule has 0 saturated carbocycles. The summed E-state index contributed by atoms with van der Waals surface area (Å²) in [6, 6.07) is 20.8. The average Bonchev–Trinajstić information content (AvgIpc) is 3.26. The van der Waals surface area contributed by atoms with Gasteiger partial charge < -0.3 is 14.5 Å². The van der Waals surface area contributed by atoms with Crippen molar-refractivity contribution in [2.45, 2.75) is 26.3 Å². The molecule has 1 heterocycles. The van der Waals surface area contributed by atoms with Crippen molar-refractivity contribution in [2.75, 3.05) is 7.11 Å². The highest BCUT2D eigenvalue weighted by Gasteiger charge is 2.11. The Bertz CT molecular complexity index is 1280. The number of hydrogen-bond donors (Lipinski definition) is 2. The molecule has 0 aliphatic carbocycles. The molecule has 6 nitrogen and oxygen atoms in total. The van der Waals surface area contributed by atoms with Crippen molar-refractivity contribution >= 4 is 34.3 Å². The van der Waals surface area contributed by atoms with Crippen molar-refractivity contribution in [2.24, 2.45) is 0 Å². The highest BCUT2D eigenvalue weighted by Crippen LogP contribution is 2.27. The number of oxazole rings is 1. The van der Waals surface area contributed by atoms with Crippen LogP contribution in [0.3, 0.4) is 0 Å². The first kappa shape index (κ1) is 22.5. The van der Waals surface area contributed by atoms with E-state index in [0.717, 1.165) is 22.2 Å². The van der Waals surface area contributed by atoms with Crippen LogP contribution in [-0.2, 0) is 6.54 Å². The summed E-state index contributed by atoms with van der Waals surface area (Å²) in [6.07, 6.45) is 0. The molecule has 0 aliphatic heterocycles. The van der Waals surface area contributed by atoms with Gasteiger partial charge >= 0.3 is 0 Å². The second kappa shape index (κ2) is 9.83. The van der Waals surface area contributed by atoms with Crippen molar-refractivity contribution in [1.29, 1.82) is 0 Å². The molecule has 7 heteroatoms. The van der Waals surface area contributed by atoms with Crippen LogP contribution in [0.4, 0.5) is 0 Å². The van der Waals surface area contributed by atoms with E-state index in [1.807, 2.05) is 30.3 Å². The molecular weight excluding hydrogens is 434 g/mol. The molecule has 0 fully saturated rings. The zero-order valence-electron chi connectivity index (χ0n) is 18.7. The van der Waals surface area contributed by atoms with Crippen LogP contribution >= 0.6 is 12.2 Å². The van der Waals surface area contributed by atoms with Gasteiger partial charge in [-0.2, -0.15) is 0 Å². The molecule has 0 saturated heterocycles. The Morgan fingerprint density at radius 2 is 1.79 bits per heavy atom. The van der Waals surface area contributed by atoms with Crippen LogP contribution in [0.15, 0.2) is 71.1 Å². The number of carbonyl (C=O) groups excluding carboxylic acids is 1. The molecule has 1 aromatic heterocycles. The van der Waals surface area contributed by atoms with E-state index < -0.39 is 0 Å². The molecule has 0 radical (unpaired) electrons. The molecule has 33 heavy (non-hydrogen) atoms. The summed E-state index contributed by atoms with van der Waals surface area (Å²) in [5, 5.41) is 6.00. The molecule has 168 valence electrons. The van der Waals surface area contributed by atoms with Gasteiger partial charge in [-0.25, -0.2) is 4.98 Å². The number of carbonyl (C=O) groups is 1. The summed E-state index contributed by atoms with van der Waals surface area (Å²) in [5.74, 6) is 1.44. The molecule has 1 amide bonds. The number of aromatic nitrogens is 1. The van der Waals surface area contributed by atoms with Crippen molar-refractivity contribution in [3.8, 4) is 17.2 Å². The van der Waals surface area contributed by atoms with Gasteiger partial charge in [-0.3, -0.25) is 10.1 Å². The van der Waals surface area contributed by atoms with Crippen molar-refractivity contribution in [1.82, 2.24) is 15.6 Å². The summed E-state index contributed by atoms with van der Waals surface area (Å²) < 4.78 is 11.0. The van der Waals surface area contributed by atoms with E-state index >= 15 is 0 Å². The fraction of sp³-hybridized carbons (Fsp3) is 0.192. The lowest BCUT2D eigenvalue weighted by Crippen LogP contribution is -2.38. The van der Waals surface area contributed by atoms with E-state index in [9.17, 15) is 4.79 Å². The first-order valence-corrected chi connectivity index (χ1v) is 11.1. The van der Waals surface area contributed by atoms with Gasteiger partial charge in [0.1, 0.15) is 11.3 Å². The topological polar surface area (TPSA) is 76.4 Å². The fourth-order valence-corrected chi connectivity index (χ4v) is 3.50. The third kappa shape index (κ3) is 5.38. The van der Waals surface area contributed by atoms with Crippen LogP contribution in [0.5, 0.6) is 5.75 Å². The van der Waals surface area contributed by atoms with Crippen LogP contribution in [0, 0.1) is 0 Å². The van der Waals surface area contributed by atoms with Gasteiger partial charge in [0.05, 0.1) is 7.11 Å². The number of nitrogens with one attached hydrogen (secondary N) is 2. The number of thiocarbonyl (C=S) groups is 1. The maximum Gasteiger partial charge on any atom is 0.257 e. The predicted molar refractivity (Wildman–Crippen MR) is 133 cm³/mol. The van der Waals surface area contributed by atoms with Crippen LogP contribution in [-0.4, -0.2) is 23.1 Å². The highest BCUT2D eigenvalue weighted by atomic mass is 32.1. The Morgan fingerprint density at radius 3 is 2.45 bits per heavy atom. The second-order valence-corrected chi connectivity index (χ2v) is 8.37. The molecule has 4 rings (SSSR count). The number of ether oxygens (including phenoxy) is 1. The Morgan fingerprint density at radius 1 is 1.06 bits per heavy atom. The van der Waals surface area contributed by atoms with E-state index in [0.29, 0.717) is 29.7 Å². The molecule has 0 atom stereocenters. The molecule has 2 N–H and O–H groups in total. The summed E-state index contributed by atoms with van der Waals surface area (Å²) >= 11 is 5.25. The monoisotopic (exact) mass is 459 g/mol. The zero-order valence-corrected chi connectivity index (χ0v) is 19.5. The van der Waals surface area contributed by atoms with E-state index in [-0.39, 0.29) is 11.0 Å². The number of hydrogen-bond acceptors (Lipinski definition) is 5. The molecule has 0 bridgehead atoms. The zero-order chi connectivity index (χ0) is 23.4. The van der Waals surface area contributed by atoms with E-state index in [1.54, 1.807) is 31.4 Å². The molecule has 3 aromatic carbocycles. The van der Waals surface area contributed by atoms with Crippen molar-refractivity contribution in [3.63, 3.8) is 0 Å². The van der Waals surface area contributed by atoms with Gasteiger partial charge in [-0.15, -0.1) is 0 Å². The number of rotatable bonds is 6. The Kier molecular flexibility index (Phi) is 6.70. The van der Waals surface area contributed by atoms with Crippen molar-refractivity contribution < 1.29 is 13.9 Å². The number of fused-ring (bicyclic) bond motifs is 1. The second-order valence-electron chi connectivity index (χ2n) is 7.96. The third-order valence-electron chi connectivity index (χ3n) is 5.31. The minimum atomic E-state index is -0.276. The summed E-state index contributed by atoms with van der Waals surface area (Å²) in [6.45, 7) is 4.80. The standard InChI is InChI=1S/C26H25N3O3S/c1-16(2)20-10-13-23-22(14-20)28-25(32-23)19-6-4-17(5-7-19)15-27-26(33)29-24(30)18-8-11-21(31-3)12-9-18/h4-14,16H,15H2,1-3H3,(H2,27,29,30,33). The van der Waals surface area contributed by atoms with Crippen LogP contribution in [0.25, 0.3) is 22.6 Å². The van der Waals surface area contributed by atoms with Gasteiger partial charge in [-0.05, 0) is 77.8 Å². The maximum atomic E-state index is 12.3. The Hall–Kier alpha value is -3.71. The van der Waals surface area contributed by atoms with Gasteiger partial charge in [-0.1, -0.05) is 32.0 Å². The van der Waals surface area contributed by atoms with E-state index in [1.165, 1.54) is 5.56 Å². The van der Waals surface area contributed by atoms with Crippen LogP contribution < -0.4 is 15.4 Å². The van der Waals surface area contributed by atoms with Gasteiger partial charge in [0.15, 0.2) is 10.7 Å². The van der Waals surface area contributed by atoms with Crippen LogP contribution in [0.2, 0.25) is 0 Å². The van der Waals surface area contributed by atoms with Gasteiger partial charge in [0.25, 0.3) is 5.91 Å². The highest BCUT2D eigenvalue weighted by molar-refractivity contribution is 7.80. The SMILES string of the molecule is COc1ccc(C(=O)NC(=S)NCc2ccc(-c3nc4cc(C(C)C)ccc4o3)cc2)cc1. The fourth-order valence-electron chi connectivity index (χ4n) is 3.34. The number of benzene rings is 3. The Balaban J connectivity index is 1.35. The normalized spacial score (nSPS) is 10.9. The van der Waals surface area contributed by atoms with Crippen molar-refractivity contribution in [3.05, 3.63) is 83.4 Å². The third-order valence-corrected chi connectivity index (χ3v) is 5.56. The predicted octanol–water partition coefficient (Wildman–Crippen LogP) is 5.43. The first-order valence-electron chi connectivity index (χ1n) is 10.7. The summed E-state index contributed by atoms with van der Waals surface area (Å²) in [4.78, 5) is 16.9. The largest absolute Gasteiger partial charge is 0.497 e.